The Morgan fingerprint density at radius 1 is 1.55 bits per heavy atom. The summed E-state index contributed by atoms with van der Waals surface area (Å²) in [5.41, 5.74) is 6.39. The van der Waals surface area contributed by atoms with Crippen molar-refractivity contribution in [3.63, 3.8) is 0 Å². The Hall–Kier alpha value is -1.66. The Labute approximate surface area is 134 Å². The maximum absolute atomic E-state index is 12.1. The van der Waals surface area contributed by atoms with Gasteiger partial charge in [-0.2, -0.15) is 0 Å². The monoisotopic (exact) mass is 321 g/mol. The summed E-state index contributed by atoms with van der Waals surface area (Å²) in [6, 6.07) is 3.94. The number of hydrogen-bond acceptors (Lipinski definition) is 5. The summed E-state index contributed by atoms with van der Waals surface area (Å²) >= 11 is 1.57. The molecule has 0 spiro atoms. The summed E-state index contributed by atoms with van der Waals surface area (Å²) in [6.07, 6.45) is 3.30. The Balaban J connectivity index is 1.96. The number of rotatable bonds is 8. The predicted octanol–water partition coefficient (Wildman–Crippen LogP) is 2.89. The summed E-state index contributed by atoms with van der Waals surface area (Å²) < 4.78 is 5.65. The molecular weight excluding hydrogens is 298 g/mol. The molecule has 2 rings (SSSR count). The summed E-state index contributed by atoms with van der Waals surface area (Å²) in [7, 11) is 0. The smallest absolute Gasteiger partial charge is 0.236 e. The van der Waals surface area contributed by atoms with Crippen molar-refractivity contribution in [2.45, 2.75) is 45.6 Å². The van der Waals surface area contributed by atoms with Gasteiger partial charge in [-0.1, -0.05) is 25.8 Å². The first-order valence-electron chi connectivity index (χ1n) is 7.63. The lowest BCUT2D eigenvalue weighted by Gasteiger charge is -2.16. The number of nitrogens with zero attached hydrogens (tertiary/aromatic N) is 1. The molecule has 2 aromatic rings. The zero-order valence-corrected chi connectivity index (χ0v) is 13.9. The molecule has 0 saturated carbocycles. The van der Waals surface area contributed by atoms with Gasteiger partial charge in [0.25, 0.3) is 0 Å². The molecule has 0 saturated heterocycles. The zero-order valence-electron chi connectivity index (χ0n) is 13.1. The molecular formula is C16H23N3O2S. The van der Waals surface area contributed by atoms with E-state index in [2.05, 4.69) is 17.2 Å². The molecule has 0 aliphatic heterocycles. The highest BCUT2D eigenvalue weighted by molar-refractivity contribution is 7.13. The van der Waals surface area contributed by atoms with Crippen LogP contribution in [-0.4, -0.2) is 23.5 Å². The summed E-state index contributed by atoms with van der Waals surface area (Å²) in [4.78, 5) is 17.6. The van der Waals surface area contributed by atoms with Gasteiger partial charge in [0.1, 0.15) is 5.76 Å². The van der Waals surface area contributed by atoms with Crippen LogP contribution in [0.2, 0.25) is 0 Å². The molecule has 22 heavy (non-hydrogen) atoms. The van der Waals surface area contributed by atoms with Crippen LogP contribution in [0.15, 0.2) is 21.9 Å². The third kappa shape index (κ3) is 4.42. The number of carbonyl (C=O) groups excluding carboxylic acids is 1. The van der Waals surface area contributed by atoms with Crippen LogP contribution in [-0.2, 0) is 11.2 Å². The van der Waals surface area contributed by atoms with E-state index >= 15 is 0 Å². The SMILES string of the molecule is CCCCC(CN)NC(=O)Cc1nc(-c2cccs2)oc1C. The number of aromatic nitrogens is 1. The van der Waals surface area contributed by atoms with Gasteiger partial charge in [0, 0.05) is 12.6 Å². The first kappa shape index (κ1) is 16.7. The zero-order chi connectivity index (χ0) is 15.9. The van der Waals surface area contributed by atoms with Gasteiger partial charge in [-0.3, -0.25) is 4.79 Å². The van der Waals surface area contributed by atoms with Gasteiger partial charge >= 0.3 is 0 Å². The quantitative estimate of drug-likeness (QED) is 0.783. The fourth-order valence-electron chi connectivity index (χ4n) is 2.23. The van der Waals surface area contributed by atoms with Gasteiger partial charge in [0.05, 0.1) is 17.0 Å². The van der Waals surface area contributed by atoms with Crippen molar-refractivity contribution in [1.82, 2.24) is 10.3 Å². The molecule has 0 radical (unpaired) electrons. The molecule has 1 atom stereocenters. The number of thiophene rings is 1. The third-order valence-electron chi connectivity index (χ3n) is 3.51. The van der Waals surface area contributed by atoms with E-state index in [9.17, 15) is 4.79 Å². The maximum atomic E-state index is 12.1. The average Bonchev–Trinajstić information content (AvgIpc) is 3.14. The van der Waals surface area contributed by atoms with Gasteiger partial charge in [0.2, 0.25) is 11.8 Å². The van der Waals surface area contributed by atoms with Crippen LogP contribution >= 0.6 is 11.3 Å². The summed E-state index contributed by atoms with van der Waals surface area (Å²) in [5, 5.41) is 4.95. The maximum Gasteiger partial charge on any atom is 0.236 e. The molecule has 6 heteroatoms. The van der Waals surface area contributed by atoms with E-state index in [1.165, 1.54) is 0 Å². The highest BCUT2D eigenvalue weighted by atomic mass is 32.1. The van der Waals surface area contributed by atoms with Crippen molar-refractivity contribution in [1.29, 1.82) is 0 Å². The van der Waals surface area contributed by atoms with Crippen molar-refractivity contribution < 1.29 is 9.21 Å². The van der Waals surface area contributed by atoms with E-state index in [-0.39, 0.29) is 18.4 Å². The number of oxazole rings is 1. The first-order chi connectivity index (χ1) is 10.6. The summed E-state index contributed by atoms with van der Waals surface area (Å²) in [5.74, 6) is 1.22. The standard InChI is InChI=1S/C16H23N3O2S/c1-3-4-6-12(10-17)18-15(20)9-13-11(2)21-16(19-13)14-7-5-8-22-14/h5,7-8,12H,3-4,6,9-10,17H2,1-2H3,(H,18,20). The second-order valence-corrected chi connectivity index (χ2v) is 6.27. The second kappa shape index (κ2) is 8.10. The molecule has 0 aromatic carbocycles. The molecule has 1 unspecified atom stereocenters. The highest BCUT2D eigenvalue weighted by Gasteiger charge is 2.17. The molecule has 0 fully saturated rings. The van der Waals surface area contributed by atoms with Crippen molar-refractivity contribution in [3.8, 4) is 10.8 Å². The minimum Gasteiger partial charge on any atom is -0.440 e. The van der Waals surface area contributed by atoms with E-state index in [4.69, 9.17) is 10.2 Å². The average molecular weight is 321 g/mol. The van der Waals surface area contributed by atoms with E-state index in [0.717, 1.165) is 24.1 Å². The molecule has 0 bridgehead atoms. The van der Waals surface area contributed by atoms with Gasteiger partial charge in [0.15, 0.2) is 0 Å². The topological polar surface area (TPSA) is 81.1 Å². The molecule has 2 aromatic heterocycles. The van der Waals surface area contributed by atoms with Crippen molar-refractivity contribution >= 4 is 17.2 Å². The molecule has 5 nitrogen and oxygen atoms in total. The van der Waals surface area contributed by atoms with Crippen LogP contribution in [0.4, 0.5) is 0 Å². The number of nitrogens with one attached hydrogen (secondary N) is 1. The largest absolute Gasteiger partial charge is 0.440 e. The summed E-state index contributed by atoms with van der Waals surface area (Å²) in [6.45, 7) is 4.43. The van der Waals surface area contributed by atoms with Crippen LogP contribution in [0.5, 0.6) is 0 Å². The van der Waals surface area contributed by atoms with E-state index in [1.54, 1.807) is 11.3 Å². The molecule has 2 heterocycles. The number of amides is 1. The van der Waals surface area contributed by atoms with E-state index in [1.807, 2.05) is 24.4 Å². The Morgan fingerprint density at radius 2 is 2.36 bits per heavy atom. The van der Waals surface area contributed by atoms with Crippen molar-refractivity contribution in [2.75, 3.05) is 6.54 Å². The number of hydrogen-bond donors (Lipinski definition) is 2. The number of nitrogens with two attached hydrogens (primary N) is 1. The van der Waals surface area contributed by atoms with Crippen LogP contribution in [0.1, 0.15) is 37.6 Å². The van der Waals surface area contributed by atoms with Crippen LogP contribution in [0.25, 0.3) is 10.8 Å². The number of aryl methyl sites for hydroxylation is 1. The Morgan fingerprint density at radius 3 is 3.00 bits per heavy atom. The van der Waals surface area contributed by atoms with Gasteiger partial charge < -0.3 is 15.5 Å². The van der Waals surface area contributed by atoms with Crippen LogP contribution in [0.3, 0.4) is 0 Å². The van der Waals surface area contributed by atoms with E-state index < -0.39 is 0 Å². The fourth-order valence-corrected chi connectivity index (χ4v) is 2.88. The lowest BCUT2D eigenvalue weighted by atomic mass is 10.1. The molecule has 3 N–H and O–H groups in total. The van der Waals surface area contributed by atoms with Crippen molar-refractivity contribution in [2.24, 2.45) is 5.73 Å². The minimum absolute atomic E-state index is 0.0384. The normalized spacial score (nSPS) is 12.3. The number of unbranched alkanes of at least 4 members (excludes halogenated alkanes) is 1. The Bertz CT molecular complexity index is 593. The number of carbonyl (C=O) groups is 1. The van der Waals surface area contributed by atoms with Crippen LogP contribution < -0.4 is 11.1 Å². The van der Waals surface area contributed by atoms with Crippen molar-refractivity contribution in [3.05, 3.63) is 29.0 Å². The second-order valence-electron chi connectivity index (χ2n) is 5.32. The molecule has 120 valence electrons. The van der Waals surface area contributed by atoms with E-state index in [0.29, 0.717) is 23.9 Å². The lowest BCUT2D eigenvalue weighted by molar-refractivity contribution is -0.121. The highest BCUT2D eigenvalue weighted by Crippen LogP contribution is 2.26. The third-order valence-corrected chi connectivity index (χ3v) is 4.37. The Kier molecular flexibility index (Phi) is 6.15. The molecule has 0 aliphatic rings. The molecule has 1 amide bonds. The van der Waals surface area contributed by atoms with Gasteiger partial charge in [-0.05, 0) is 24.8 Å². The van der Waals surface area contributed by atoms with Crippen LogP contribution in [0, 0.1) is 6.92 Å². The minimum atomic E-state index is -0.0549. The first-order valence-corrected chi connectivity index (χ1v) is 8.51. The predicted molar refractivity (Wildman–Crippen MR) is 88.8 cm³/mol. The van der Waals surface area contributed by atoms with Gasteiger partial charge in [-0.15, -0.1) is 11.3 Å². The molecule has 0 aliphatic carbocycles. The fraction of sp³-hybridized carbons (Fsp3) is 0.500. The van der Waals surface area contributed by atoms with Gasteiger partial charge in [-0.25, -0.2) is 4.98 Å². The lowest BCUT2D eigenvalue weighted by Crippen LogP contribution is -2.41.